The van der Waals surface area contributed by atoms with Gasteiger partial charge in [0, 0.05) is 25.9 Å². The summed E-state index contributed by atoms with van der Waals surface area (Å²) >= 11 is 30.1. The molecule has 1 amide bonds. The van der Waals surface area contributed by atoms with Crippen LogP contribution in [0.1, 0.15) is 12.8 Å². The normalized spacial score (nSPS) is 19.5. The number of ether oxygens (including phenoxy) is 3. The van der Waals surface area contributed by atoms with Crippen molar-refractivity contribution in [3.8, 4) is 5.75 Å². The van der Waals surface area contributed by atoms with Gasteiger partial charge in [-0.15, -0.1) is 0 Å². The van der Waals surface area contributed by atoms with E-state index in [1.807, 2.05) is 0 Å². The van der Waals surface area contributed by atoms with Crippen LogP contribution >= 0.6 is 58.0 Å². The molecular weight excluding hydrogens is 435 g/mol. The molecule has 0 unspecified atom stereocenters. The second-order valence-electron chi connectivity index (χ2n) is 5.68. The zero-order valence-electron chi connectivity index (χ0n) is 12.9. The average molecular weight is 450 g/mol. The molecule has 2 aliphatic heterocycles. The van der Waals surface area contributed by atoms with Crippen LogP contribution in [0, 0.1) is 0 Å². The van der Waals surface area contributed by atoms with Crippen molar-refractivity contribution < 1.29 is 19.0 Å². The Hall–Kier alpha value is -0.140. The summed E-state index contributed by atoms with van der Waals surface area (Å²) in [4.78, 5) is 14.1. The van der Waals surface area contributed by atoms with Crippen molar-refractivity contribution in [3.05, 3.63) is 25.1 Å². The summed E-state index contributed by atoms with van der Waals surface area (Å²) in [6, 6.07) is 0. The van der Waals surface area contributed by atoms with Gasteiger partial charge in [0.15, 0.2) is 18.1 Å². The second-order valence-corrected chi connectivity index (χ2v) is 7.57. The van der Waals surface area contributed by atoms with Crippen LogP contribution < -0.4 is 4.74 Å². The lowest BCUT2D eigenvalue weighted by molar-refractivity contribution is -0.187. The molecule has 0 aliphatic carbocycles. The highest BCUT2D eigenvalue weighted by Gasteiger charge is 2.40. The van der Waals surface area contributed by atoms with Gasteiger partial charge in [0.2, 0.25) is 0 Å². The van der Waals surface area contributed by atoms with Gasteiger partial charge in [0.05, 0.1) is 28.3 Å². The first-order valence-electron chi connectivity index (χ1n) is 7.54. The zero-order chi connectivity index (χ0) is 18.2. The van der Waals surface area contributed by atoms with E-state index in [9.17, 15) is 4.79 Å². The molecule has 25 heavy (non-hydrogen) atoms. The van der Waals surface area contributed by atoms with Crippen LogP contribution in [0.4, 0.5) is 0 Å². The van der Waals surface area contributed by atoms with Crippen LogP contribution in [0.25, 0.3) is 0 Å². The van der Waals surface area contributed by atoms with Crippen LogP contribution in [-0.4, -0.2) is 49.5 Å². The standard InChI is InChI=1S/C15H14Cl5NO4/c16-9-10(17)12(19)14(13(20)11(9)18)23-7-8(22)21-3-1-15(2-4-21)24-5-6-25-15/h1-7H2. The van der Waals surface area contributed by atoms with Gasteiger partial charge >= 0.3 is 0 Å². The van der Waals surface area contributed by atoms with Crippen molar-refractivity contribution in [2.45, 2.75) is 18.6 Å². The number of piperidine rings is 1. The molecule has 3 rings (SSSR count). The number of halogens is 5. The third kappa shape index (κ3) is 3.93. The van der Waals surface area contributed by atoms with Crippen LogP contribution in [-0.2, 0) is 14.3 Å². The number of nitrogens with zero attached hydrogens (tertiary/aromatic N) is 1. The fourth-order valence-corrected chi connectivity index (χ4v) is 4.05. The SMILES string of the molecule is O=C(COc1c(Cl)c(Cl)c(Cl)c(Cl)c1Cl)N1CCC2(CC1)OCCO2. The van der Waals surface area contributed by atoms with Crippen molar-refractivity contribution in [1.29, 1.82) is 0 Å². The fourth-order valence-electron chi connectivity index (χ4n) is 2.82. The Morgan fingerprint density at radius 2 is 1.40 bits per heavy atom. The largest absolute Gasteiger partial charge is 0.481 e. The van der Waals surface area contributed by atoms with Gasteiger partial charge in [-0.05, 0) is 0 Å². The number of carbonyl (C=O) groups is 1. The van der Waals surface area contributed by atoms with Gasteiger partial charge in [0.1, 0.15) is 10.0 Å². The third-order valence-electron chi connectivity index (χ3n) is 4.20. The first kappa shape index (κ1) is 19.6. The minimum Gasteiger partial charge on any atom is -0.481 e. The fraction of sp³-hybridized carbons (Fsp3) is 0.533. The molecule has 1 spiro atoms. The van der Waals surface area contributed by atoms with Crippen molar-refractivity contribution in [2.75, 3.05) is 32.9 Å². The molecule has 0 radical (unpaired) electrons. The van der Waals surface area contributed by atoms with Gasteiger partial charge in [-0.2, -0.15) is 0 Å². The molecule has 138 valence electrons. The number of amides is 1. The molecule has 0 bridgehead atoms. The quantitative estimate of drug-likeness (QED) is 0.496. The van der Waals surface area contributed by atoms with Gasteiger partial charge < -0.3 is 19.1 Å². The summed E-state index contributed by atoms with van der Waals surface area (Å²) < 4.78 is 16.8. The zero-order valence-corrected chi connectivity index (χ0v) is 16.7. The molecule has 0 atom stereocenters. The van der Waals surface area contributed by atoms with Gasteiger partial charge in [-0.3, -0.25) is 4.79 Å². The van der Waals surface area contributed by atoms with Crippen LogP contribution in [0.15, 0.2) is 0 Å². The van der Waals surface area contributed by atoms with E-state index in [0.29, 0.717) is 39.1 Å². The van der Waals surface area contributed by atoms with Crippen molar-refractivity contribution >= 4 is 63.9 Å². The maximum atomic E-state index is 12.4. The van der Waals surface area contributed by atoms with Crippen molar-refractivity contribution in [3.63, 3.8) is 0 Å². The highest BCUT2D eigenvalue weighted by Crippen LogP contribution is 2.48. The monoisotopic (exact) mass is 447 g/mol. The van der Waals surface area contributed by atoms with Gasteiger partial charge in [-0.1, -0.05) is 58.0 Å². The second kappa shape index (κ2) is 7.85. The third-order valence-corrected chi connectivity index (χ3v) is 6.44. The van der Waals surface area contributed by atoms with E-state index in [1.165, 1.54) is 0 Å². The molecule has 2 fully saturated rings. The lowest BCUT2D eigenvalue weighted by Crippen LogP contribution is -2.48. The molecule has 1 aromatic carbocycles. The Kier molecular flexibility index (Phi) is 6.16. The Bertz CT molecular complexity index is 654. The molecule has 0 aromatic heterocycles. The Morgan fingerprint density at radius 3 is 1.92 bits per heavy atom. The number of carbonyl (C=O) groups excluding carboxylic acids is 1. The molecule has 2 saturated heterocycles. The van der Waals surface area contributed by atoms with Gasteiger partial charge in [-0.25, -0.2) is 0 Å². The van der Waals surface area contributed by atoms with Crippen LogP contribution in [0.5, 0.6) is 5.75 Å². The van der Waals surface area contributed by atoms with Crippen molar-refractivity contribution in [1.82, 2.24) is 4.90 Å². The molecule has 0 N–H and O–H groups in total. The summed E-state index contributed by atoms with van der Waals surface area (Å²) in [6.07, 6.45) is 1.25. The topological polar surface area (TPSA) is 48.0 Å². The van der Waals surface area contributed by atoms with E-state index < -0.39 is 5.79 Å². The first-order valence-corrected chi connectivity index (χ1v) is 9.43. The molecular formula is C15H14Cl5NO4. The molecule has 10 heteroatoms. The predicted molar refractivity (Wildman–Crippen MR) is 97.4 cm³/mol. The van der Waals surface area contributed by atoms with E-state index in [1.54, 1.807) is 4.90 Å². The van der Waals surface area contributed by atoms with Crippen LogP contribution in [0.2, 0.25) is 25.1 Å². The summed E-state index contributed by atoms with van der Waals surface area (Å²) in [5.41, 5.74) is 0. The van der Waals surface area contributed by atoms with E-state index >= 15 is 0 Å². The van der Waals surface area contributed by atoms with E-state index in [2.05, 4.69) is 0 Å². The smallest absolute Gasteiger partial charge is 0.260 e. The number of likely N-dealkylation sites (tertiary alicyclic amines) is 1. The summed E-state index contributed by atoms with van der Waals surface area (Å²) in [6.45, 7) is 1.97. The van der Waals surface area contributed by atoms with E-state index in [0.717, 1.165) is 0 Å². The average Bonchev–Trinajstić information content (AvgIpc) is 3.06. The summed E-state index contributed by atoms with van der Waals surface area (Å²) in [7, 11) is 0. The van der Waals surface area contributed by atoms with E-state index in [4.69, 9.17) is 72.2 Å². The minimum atomic E-state index is -0.540. The minimum absolute atomic E-state index is 0.0132. The summed E-state index contributed by atoms with van der Waals surface area (Å²) in [5, 5.41) is 0.111. The molecule has 2 heterocycles. The maximum Gasteiger partial charge on any atom is 0.260 e. The Morgan fingerprint density at radius 1 is 0.920 bits per heavy atom. The van der Waals surface area contributed by atoms with Crippen molar-refractivity contribution in [2.24, 2.45) is 0 Å². The van der Waals surface area contributed by atoms with Gasteiger partial charge in [0.25, 0.3) is 5.91 Å². The Labute approximate surface area is 169 Å². The summed E-state index contributed by atoms with van der Waals surface area (Å²) in [5.74, 6) is -0.712. The number of benzene rings is 1. The molecule has 5 nitrogen and oxygen atoms in total. The number of hydrogen-bond donors (Lipinski definition) is 0. The lowest BCUT2D eigenvalue weighted by Gasteiger charge is -2.37. The molecule has 0 saturated carbocycles. The first-order chi connectivity index (χ1) is 11.8. The Balaban J connectivity index is 1.62. The predicted octanol–water partition coefficient (Wildman–Crippen LogP) is 4.70. The highest BCUT2D eigenvalue weighted by atomic mass is 35.5. The number of rotatable bonds is 3. The van der Waals surface area contributed by atoms with E-state index in [-0.39, 0.29) is 43.4 Å². The molecule has 2 aliphatic rings. The number of hydrogen-bond acceptors (Lipinski definition) is 4. The maximum absolute atomic E-state index is 12.4. The lowest BCUT2D eigenvalue weighted by atomic mass is 10.0. The highest BCUT2D eigenvalue weighted by molar-refractivity contribution is 6.55. The molecule has 1 aromatic rings. The van der Waals surface area contributed by atoms with Crippen LogP contribution in [0.3, 0.4) is 0 Å².